The highest BCUT2D eigenvalue weighted by atomic mass is 32.1. The molecule has 1 aliphatic rings. The number of nitrogens with zero attached hydrogens (tertiary/aromatic N) is 2. The zero-order valence-corrected chi connectivity index (χ0v) is 16.5. The van der Waals surface area contributed by atoms with Gasteiger partial charge < -0.3 is 5.32 Å². The lowest BCUT2D eigenvalue weighted by atomic mass is 9.86. The first-order valence-corrected chi connectivity index (χ1v) is 10.2. The van der Waals surface area contributed by atoms with E-state index >= 15 is 0 Å². The molecule has 5 nitrogen and oxygen atoms in total. The molecule has 1 aromatic carbocycles. The number of amides is 2. The number of carbonyl (C=O) groups is 2. The molecule has 3 rings (SSSR count). The summed E-state index contributed by atoms with van der Waals surface area (Å²) in [5.74, 6) is 0.335. The summed E-state index contributed by atoms with van der Waals surface area (Å²) in [6.07, 6.45) is 7.87. The first kappa shape index (κ1) is 19.3. The van der Waals surface area contributed by atoms with Crippen LogP contribution in [0, 0.1) is 5.92 Å². The van der Waals surface area contributed by atoms with Crippen molar-refractivity contribution in [2.45, 2.75) is 45.6 Å². The SMILES string of the molecule is CC(=O)N(c1ccccc1)c1nc(/C=C/C(=O)N[C@@H]2CCCC[C@@H]2C)cs1. The fourth-order valence-corrected chi connectivity index (χ4v) is 4.24. The molecule has 6 heteroatoms. The van der Waals surface area contributed by atoms with Crippen LogP contribution in [0.5, 0.6) is 0 Å². The average molecular weight is 384 g/mol. The topological polar surface area (TPSA) is 62.3 Å². The van der Waals surface area contributed by atoms with Crippen molar-refractivity contribution in [3.05, 3.63) is 47.5 Å². The van der Waals surface area contributed by atoms with E-state index < -0.39 is 0 Å². The molecule has 0 aliphatic heterocycles. The second-order valence-corrected chi connectivity index (χ2v) is 7.79. The van der Waals surface area contributed by atoms with Crippen LogP contribution in [0.15, 0.2) is 41.8 Å². The van der Waals surface area contributed by atoms with E-state index in [1.165, 1.54) is 43.6 Å². The molecule has 0 unspecified atom stereocenters. The van der Waals surface area contributed by atoms with E-state index in [2.05, 4.69) is 17.2 Å². The largest absolute Gasteiger partial charge is 0.350 e. The number of anilines is 2. The normalized spacial score (nSPS) is 19.8. The van der Waals surface area contributed by atoms with Gasteiger partial charge in [0, 0.05) is 24.4 Å². The molecule has 1 fully saturated rings. The Labute approximate surface area is 164 Å². The Morgan fingerprint density at radius 1 is 1.22 bits per heavy atom. The van der Waals surface area contributed by atoms with E-state index in [0.717, 1.165) is 12.1 Å². The van der Waals surface area contributed by atoms with Crippen LogP contribution in [0.4, 0.5) is 10.8 Å². The van der Waals surface area contributed by atoms with Gasteiger partial charge >= 0.3 is 0 Å². The zero-order chi connectivity index (χ0) is 19.2. The highest BCUT2D eigenvalue weighted by molar-refractivity contribution is 7.14. The summed E-state index contributed by atoms with van der Waals surface area (Å²) in [4.78, 5) is 30.4. The van der Waals surface area contributed by atoms with Crippen molar-refractivity contribution in [1.29, 1.82) is 0 Å². The standard InChI is InChI=1S/C21H25N3O2S/c1-15-8-6-7-11-19(15)23-20(26)13-12-17-14-27-21(22-17)24(16(2)25)18-9-4-3-5-10-18/h3-5,9-10,12-15,19H,6-8,11H2,1-2H3,(H,23,26)/b13-12+/t15-,19+/m0/s1. The first-order valence-electron chi connectivity index (χ1n) is 9.34. The molecule has 1 aliphatic carbocycles. The third kappa shape index (κ3) is 5.04. The third-order valence-corrected chi connectivity index (χ3v) is 5.72. The van der Waals surface area contributed by atoms with Gasteiger partial charge in [-0.05, 0) is 37.0 Å². The van der Waals surface area contributed by atoms with Gasteiger partial charge in [0.05, 0.1) is 11.4 Å². The maximum absolute atomic E-state index is 12.2. The van der Waals surface area contributed by atoms with Crippen LogP contribution in [0.2, 0.25) is 0 Å². The van der Waals surface area contributed by atoms with E-state index in [4.69, 9.17) is 0 Å². The number of hydrogen-bond acceptors (Lipinski definition) is 4. The van der Waals surface area contributed by atoms with Crippen molar-refractivity contribution in [2.75, 3.05) is 4.90 Å². The lowest BCUT2D eigenvalue weighted by Crippen LogP contribution is -2.40. The fourth-order valence-electron chi connectivity index (χ4n) is 3.38. The molecule has 0 saturated heterocycles. The van der Waals surface area contributed by atoms with Gasteiger partial charge in [0.2, 0.25) is 11.8 Å². The quantitative estimate of drug-likeness (QED) is 0.771. The van der Waals surface area contributed by atoms with Crippen molar-refractivity contribution in [1.82, 2.24) is 10.3 Å². The van der Waals surface area contributed by atoms with Crippen LogP contribution in [0.25, 0.3) is 6.08 Å². The van der Waals surface area contributed by atoms with Crippen molar-refractivity contribution in [3.8, 4) is 0 Å². The number of carbonyl (C=O) groups excluding carboxylic acids is 2. The highest BCUT2D eigenvalue weighted by Crippen LogP contribution is 2.29. The maximum Gasteiger partial charge on any atom is 0.244 e. The molecule has 2 amide bonds. The van der Waals surface area contributed by atoms with Crippen molar-refractivity contribution < 1.29 is 9.59 Å². The van der Waals surface area contributed by atoms with E-state index in [-0.39, 0.29) is 17.9 Å². The maximum atomic E-state index is 12.2. The first-order chi connectivity index (χ1) is 13.0. The van der Waals surface area contributed by atoms with Gasteiger partial charge in [-0.25, -0.2) is 4.98 Å². The molecule has 142 valence electrons. The minimum absolute atomic E-state index is 0.0882. The van der Waals surface area contributed by atoms with Crippen molar-refractivity contribution in [3.63, 3.8) is 0 Å². The Morgan fingerprint density at radius 3 is 2.67 bits per heavy atom. The Hall–Kier alpha value is -2.47. The minimum atomic E-state index is -0.102. The van der Waals surface area contributed by atoms with E-state index in [0.29, 0.717) is 16.7 Å². The average Bonchev–Trinajstić information content (AvgIpc) is 3.11. The second-order valence-electron chi connectivity index (χ2n) is 6.96. The third-order valence-electron chi connectivity index (χ3n) is 4.88. The number of nitrogens with one attached hydrogen (secondary N) is 1. The number of benzene rings is 1. The number of rotatable bonds is 5. The van der Waals surface area contributed by atoms with E-state index in [1.807, 2.05) is 35.7 Å². The molecule has 0 spiro atoms. The smallest absolute Gasteiger partial charge is 0.244 e. The summed E-state index contributed by atoms with van der Waals surface area (Å²) >= 11 is 1.38. The Kier molecular flexibility index (Phi) is 6.40. The predicted molar refractivity (Wildman–Crippen MR) is 110 cm³/mol. The van der Waals surface area contributed by atoms with Crippen LogP contribution >= 0.6 is 11.3 Å². The summed E-state index contributed by atoms with van der Waals surface area (Å²) < 4.78 is 0. The molecule has 1 N–H and O–H groups in total. The summed E-state index contributed by atoms with van der Waals surface area (Å²) in [7, 11) is 0. The van der Waals surface area contributed by atoms with Crippen molar-refractivity contribution in [2.24, 2.45) is 5.92 Å². The summed E-state index contributed by atoms with van der Waals surface area (Å²) in [6.45, 7) is 3.71. The van der Waals surface area contributed by atoms with Gasteiger partial charge in [-0.15, -0.1) is 11.3 Å². The molecular weight excluding hydrogens is 358 g/mol. The number of para-hydroxylation sites is 1. The van der Waals surface area contributed by atoms with Gasteiger partial charge in [-0.2, -0.15) is 0 Å². The van der Waals surface area contributed by atoms with Gasteiger partial charge in [0.25, 0.3) is 0 Å². The predicted octanol–water partition coefficient (Wildman–Crippen LogP) is 4.54. The van der Waals surface area contributed by atoms with Gasteiger partial charge in [0.15, 0.2) is 5.13 Å². The molecule has 1 heterocycles. The second kappa shape index (κ2) is 8.95. The lowest BCUT2D eigenvalue weighted by molar-refractivity contribution is -0.118. The number of aromatic nitrogens is 1. The fraction of sp³-hybridized carbons (Fsp3) is 0.381. The molecule has 2 atom stereocenters. The van der Waals surface area contributed by atoms with Crippen LogP contribution < -0.4 is 10.2 Å². The van der Waals surface area contributed by atoms with E-state index in [1.54, 1.807) is 11.0 Å². The zero-order valence-electron chi connectivity index (χ0n) is 15.7. The molecular formula is C21H25N3O2S. The minimum Gasteiger partial charge on any atom is -0.350 e. The van der Waals surface area contributed by atoms with Crippen molar-refractivity contribution >= 4 is 40.0 Å². The number of hydrogen-bond donors (Lipinski definition) is 1. The van der Waals surface area contributed by atoms with Gasteiger partial charge in [0.1, 0.15) is 0 Å². The molecule has 0 bridgehead atoms. The van der Waals surface area contributed by atoms with E-state index in [9.17, 15) is 9.59 Å². The molecule has 1 aromatic heterocycles. The van der Waals surface area contributed by atoms with Gasteiger partial charge in [-0.3, -0.25) is 14.5 Å². The monoisotopic (exact) mass is 383 g/mol. The lowest BCUT2D eigenvalue weighted by Gasteiger charge is -2.29. The Balaban J connectivity index is 1.67. The Morgan fingerprint density at radius 2 is 1.96 bits per heavy atom. The molecule has 2 aromatic rings. The van der Waals surface area contributed by atoms with Gasteiger partial charge in [-0.1, -0.05) is 38.0 Å². The summed E-state index contributed by atoms with van der Waals surface area (Å²) in [6, 6.07) is 9.68. The van der Waals surface area contributed by atoms with Crippen LogP contribution in [-0.2, 0) is 9.59 Å². The van der Waals surface area contributed by atoms with Crippen LogP contribution in [0.1, 0.15) is 45.2 Å². The van der Waals surface area contributed by atoms with Crippen LogP contribution in [0.3, 0.4) is 0 Å². The Bertz CT molecular complexity index is 816. The van der Waals surface area contributed by atoms with Crippen LogP contribution in [-0.4, -0.2) is 22.8 Å². The number of thiazole rings is 1. The molecule has 27 heavy (non-hydrogen) atoms. The summed E-state index contributed by atoms with van der Waals surface area (Å²) in [5.41, 5.74) is 1.45. The molecule has 0 radical (unpaired) electrons. The summed E-state index contributed by atoms with van der Waals surface area (Å²) in [5, 5.41) is 5.54. The highest BCUT2D eigenvalue weighted by Gasteiger charge is 2.22. The molecule has 1 saturated carbocycles.